The van der Waals surface area contributed by atoms with Gasteiger partial charge in [-0.05, 0) is 74.7 Å². The molecule has 10 heteroatoms. The molecular formula is C36H35ClN2O6S. The van der Waals surface area contributed by atoms with Crippen LogP contribution in [0.15, 0.2) is 94.4 Å². The van der Waals surface area contributed by atoms with E-state index in [-0.39, 0.29) is 18.8 Å². The number of ether oxygens (including phenoxy) is 4. The molecule has 3 aromatic carbocycles. The summed E-state index contributed by atoms with van der Waals surface area (Å²) in [7, 11) is 1.57. The summed E-state index contributed by atoms with van der Waals surface area (Å²) in [6, 6.07) is 17.9. The van der Waals surface area contributed by atoms with Gasteiger partial charge < -0.3 is 18.9 Å². The highest BCUT2D eigenvalue weighted by molar-refractivity contribution is 7.07. The first-order chi connectivity index (χ1) is 22.3. The molecule has 2 heterocycles. The van der Waals surface area contributed by atoms with Crippen molar-refractivity contribution in [3.8, 4) is 17.2 Å². The van der Waals surface area contributed by atoms with E-state index in [1.807, 2.05) is 73.7 Å². The number of aromatic nitrogens is 1. The summed E-state index contributed by atoms with van der Waals surface area (Å²) in [4.78, 5) is 32.5. The van der Waals surface area contributed by atoms with Gasteiger partial charge in [0.25, 0.3) is 5.56 Å². The molecule has 0 bridgehead atoms. The van der Waals surface area contributed by atoms with Crippen molar-refractivity contribution in [3.05, 3.63) is 132 Å². The minimum absolute atomic E-state index is 0.193. The zero-order valence-corrected chi connectivity index (χ0v) is 27.7. The first kappa shape index (κ1) is 32.8. The van der Waals surface area contributed by atoms with Crippen LogP contribution in [-0.2, 0) is 22.6 Å². The van der Waals surface area contributed by atoms with E-state index in [1.54, 1.807) is 31.6 Å². The number of carbonyl (C=O) groups is 1. The van der Waals surface area contributed by atoms with Gasteiger partial charge in [-0.1, -0.05) is 59.3 Å². The highest BCUT2D eigenvalue weighted by Gasteiger charge is 2.33. The van der Waals surface area contributed by atoms with E-state index in [9.17, 15) is 9.59 Å². The molecule has 0 saturated carbocycles. The van der Waals surface area contributed by atoms with E-state index in [0.29, 0.717) is 61.5 Å². The van der Waals surface area contributed by atoms with Crippen molar-refractivity contribution in [2.75, 3.05) is 20.3 Å². The lowest BCUT2D eigenvalue weighted by Gasteiger charge is -2.25. The van der Waals surface area contributed by atoms with Crippen molar-refractivity contribution in [1.29, 1.82) is 0 Å². The van der Waals surface area contributed by atoms with Crippen LogP contribution in [0.1, 0.15) is 49.1 Å². The zero-order chi connectivity index (χ0) is 32.8. The first-order valence-corrected chi connectivity index (χ1v) is 16.1. The van der Waals surface area contributed by atoms with Crippen molar-refractivity contribution in [3.63, 3.8) is 0 Å². The maximum absolute atomic E-state index is 14.2. The van der Waals surface area contributed by atoms with E-state index in [1.165, 1.54) is 11.3 Å². The molecule has 238 valence electrons. The Hall–Kier alpha value is -4.60. The van der Waals surface area contributed by atoms with Gasteiger partial charge in [-0.3, -0.25) is 9.36 Å². The molecule has 1 aliphatic heterocycles. The van der Waals surface area contributed by atoms with E-state index >= 15 is 0 Å². The lowest BCUT2D eigenvalue weighted by Crippen LogP contribution is -2.39. The second-order valence-corrected chi connectivity index (χ2v) is 11.8. The Morgan fingerprint density at radius 2 is 1.87 bits per heavy atom. The quantitative estimate of drug-likeness (QED) is 0.134. The van der Waals surface area contributed by atoms with Crippen LogP contribution >= 0.6 is 22.9 Å². The van der Waals surface area contributed by atoms with Crippen LogP contribution < -0.4 is 29.1 Å². The predicted molar refractivity (Wildman–Crippen MR) is 181 cm³/mol. The molecule has 0 saturated heterocycles. The van der Waals surface area contributed by atoms with Gasteiger partial charge in [-0.15, -0.1) is 6.58 Å². The molecule has 0 amide bonds. The third kappa shape index (κ3) is 6.80. The molecule has 0 unspecified atom stereocenters. The van der Waals surface area contributed by atoms with Gasteiger partial charge in [-0.2, -0.15) is 0 Å². The average molecular weight is 659 g/mol. The van der Waals surface area contributed by atoms with E-state index < -0.39 is 12.0 Å². The van der Waals surface area contributed by atoms with Crippen LogP contribution in [0.2, 0.25) is 5.02 Å². The number of carbonyl (C=O) groups excluding carboxylic acids is 1. The van der Waals surface area contributed by atoms with Gasteiger partial charge >= 0.3 is 5.97 Å². The molecule has 8 nitrogen and oxygen atoms in total. The number of fused-ring (bicyclic) bond motifs is 1. The van der Waals surface area contributed by atoms with Crippen LogP contribution in [0, 0.1) is 0 Å². The van der Waals surface area contributed by atoms with Crippen molar-refractivity contribution < 1.29 is 23.7 Å². The smallest absolute Gasteiger partial charge is 0.338 e. The molecule has 5 rings (SSSR count). The second-order valence-electron chi connectivity index (χ2n) is 10.4. The largest absolute Gasteiger partial charge is 0.497 e. The summed E-state index contributed by atoms with van der Waals surface area (Å²) < 4.78 is 25.2. The van der Waals surface area contributed by atoms with E-state index in [2.05, 4.69) is 11.6 Å². The lowest BCUT2D eigenvalue weighted by molar-refractivity contribution is -0.139. The van der Waals surface area contributed by atoms with Gasteiger partial charge in [0.15, 0.2) is 16.3 Å². The van der Waals surface area contributed by atoms with Crippen molar-refractivity contribution >= 4 is 35.0 Å². The molecule has 1 aromatic heterocycles. The fourth-order valence-electron chi connectivity index (χ4n) is 5.34. The van der Waals surface area contributed by atoms with Crippen LogP contribution in [0.3, 0.4) is 0 Å². The van der Waals surface area contributed by atoms with E-state index in [0.717, 1.165) is 16.7 Å². The van der Waals surface area contributed by atoms with Crippen LogP contribution in [-0.4, -0.2) is 30.9 Å². The molecule has 46 heavy (non-hydrogen) atoms. The number of rotatable bonds is 12. The molecule has 0 fully saturated rings. The number of halogens is 1. The van der Waals surface area contributed by atoms with Gasteiger partial charge in [0.2, 0.25) is 0 Å². The van der Waals surface area contributed by atoms with E-state index in [4.69, 9.17) is 30.5 Å². The summed E-state index contributed by atoms with van der Waals surface area (Å²) in [5.74, 6) is 1.22. The van der Waals surface area contributed by atoms with Crippen LogP contribution in [0.25, 0.3) is 6.08 Å². The summed E-state index contributed by atoms with van der Waals surface area (Å²) in [6.45, 7) is 10.2. The predicted octanol–water partition coefficient (Wildman–Crippen LogP) is 6.17. The third-order valence-corrected chi connectivity index (χ3v) is 8.72. The minimum atomic E-state index is -0.747. The molecule has 0 radical (unpaired) electrons. The second kappa shape index (κ2) is 14.7. The Morgan fingerprint density at radius 1 is 1.07 bits per heavy atom. The normalized spacial score (nSPS) is 14.4. The van der Waals surface area contributed by atoms with Crippen molar-refractivity contribution in [1.82, 2.24) is 4.57 Å². The molecule has 1 atom stereocenters. The fraction of sp³-hybridized carbons (Fsp3) is 0.250. The average Bonchev–Trinajstić information content (AvgIpc) is 3.34. The molecule has 0 N–H and O–H groups in total. The fourth-order valence-corrected chi connectivity index (χ4v) is 6.57. The summed E-state index contributed by atoms with van der Waals surface area (Å²) in [6.07, 6.45) is 4.11. The Morgan fingerprint density at radius 3 is 2.59 bits per heavy atom. The topological polar surface area (TPSA) is 88.4 Å². The zero-order valence-electron chi connectivity index (χ0n) is 26.2. The Kier molecular flexibility index (Phi) is 10.4. The number of methoxy groups -OCH3 is 1. The molecule has 0 spiro atoms. The van der Waals surface area contributed by atoms with Gasteiger partial charge in [0, 0.05) is 16.1 Å². The lowest BCUT2D eigenvalue weighted by atomic mass is 9.95. The molecule has 0 aliphatic carbocycles. The van der Waals surface area contributed by atoms with Crippen molar-refractivity contribution in [2.45, 2.75) is 39.8 Å². The highest BCUT2D eigenvalue weighted by Crippen LogP contribution is 2.36. The van der Waals surface area contributed by atoms with Gasteiger partial charge in [-0.25, -0.2) is 9.79 Å². The number of benzene rings is 3. The number of nitrogens with zero attached hydrogens (tertiary/aromatic N) is 2. The van der Waals surface area contributed by atoms with Gasteiger partial charge in [0.1, 0.15) is 12.4 Å². The van der Waals surface area contributed by atoms with Crippen molar-refractivity contribution in [2.24, 2.45) is 4.99 Å². The monoisotopic (exact) mass is 658 g/mol. The highest BCUT2D eigenvalue weighted by atomic mass is 35.5. The number of allylic oxidation sites excluding steroid dienone is 2. The number of esters is 1. The molecule has 1 aliphatic rings. The minimum Gasteiger partial charge on any atom is -0.497 e. The maximum atomic E-state index is 14.2. The number of hydrogen-bond acceptors (Lipinski definition) is 8. The maximum Gasteiger partial charge on any atom is 0.338 e. The molecular weight excluding hydrogens is 624 g/mol. The molecule has 4 aromatic rings. The standard InChI is InChI=1S/C36H35ClN2O6S/c1-6-12-25-17-23(18-29(43-7-2)33(25)45-21-26-13-9-10-16-28(26)37)19-30-34(40)39-32(24-14-11-15-27(20-24)42-5)31(35(41)44-8-3)22(4)38-36(39)46-30/h6,9-11,13-20,32H,1,7-8,12,21H2,2-5H3/b30-19+/t32-/m0/s1. The van der Waals surface area contributed by atoms with Crippen LogP contribution in [0.4, 0.5) is 0 Å². The van der Waals surface area contributed by atoms with Crippen LogP contribution in [0.5, 0.6) is 17.2 Å². The SMILES string of the molecule is C=CCc1cc(/C=c2/sc3n(c2=O)[C@@H](c2cccc(OC)c2)C(C(=O)OCC)=C(C)N=3)cc(OCC)c1OCc1ccccc1Cl. The third-order valence-electron chi connectivity index (χ3n) is 7.37. The summed E-state index contributed by atoms with van der Waals surface area (Å²) in [5, 5.41) is 0.617. The number of hydrogen-bond donors (Lipinski definition) is 0. The first-order valence-electron chi connectivity index (χ1n) is 14.9. The summed E-state index contributed by atoms with van der Waals surface area (Å²) in [5.41, 5.74) is 3.66. The van der Waals surface area contributed by atoms with Gasteiger partial charge in [0.05, 0.1) is 42.2 Å². The Balaban J connectivity index is 1.64. The Bertz CT molecular complexity index is 1990. The Labute approximate surface area is 276 Å². The summed E-state index contributed by atoms with van der Waals surface area (Å²) >= 11 is 7.63. The number of thiazole rings is 1.